The quantitative estimate of drug-likeness (QED) is 0.559. The molecule has 0 heterocycles. The molecule has 0 amide bonds. The SMILES string of the molecule is CC(C)CCCOCC(O)CNCCC1CCC1. The van der Waals surface area contributed by atoms with E-state index in [0.29, 0.717) is 13.2 Å². The van der Waals surface area contributed by atoms with Gasteiger partial charge in [0, 0.05) is 13.2 Å². The van der Waals surface area contributed by atoms with Crippen molar-refractivity contribution in [2.24, 2.45) is 11.8 Å². The first kappa shape index (κ1) is 15.9. The third-order valence-electron chi connectivity index (χ3n) is 3.71. The molecule has 1 unspecified atom stereocenters. The predicted octanol–water partition coefficient (Wildman–Crippen LogP) is 2.58. The summed E-state index contributed by atoms with van der Waals surface area (Å²) in [6, 6.07) is 0. The summed E-state index contributed by atoms with van der Waals surface area (Å²) in [4.78, 5) is 0. The summed E-state index contributed by atoms with van der Waals surface area (Å²) in [6.07, 6.45) is 7.44. The summed E-state index contributed by atoms with van der Waals surface area (Å²) in [6.45, 7) is 7.39. The summed E-state index contributed by atoms with van der Waals surface area (Å²) < 4.78 is 5.47. The molecule has 1 aliphatic carbocycles. The summed E-state index contributed by atoms with van der Waals surface area (Å²) >= 11 is 0. The molecule has 1 rings (SSSR count). The monoisotopic (exact) mass is 257 g/mol. The molecule has 1 saturated carbocycles. The van der Waals surface area contributed by atoms with Crippen molar-refractivity contribution >= 4 is 0 Å². The molecule has 2 N–H and O–H groups in total. The predicted molar refractivity (Wildman–Crippen MR) is 75.7 cm³/mol. The summed E-state index contributed by atoms with van der Waals surface area (Å²) in [5, 5.41) is 13.0. The van der Waals surface area contributed by atoms with Crippen molar-refractivity contribution in [2.45, 2.75) is 58.5 Å². The smallest absolute Gasteiger partial charge is 0.0897 e. The molecule has 0 spiro atoms. The van der Waals surface area contributed by atoms with Crippen molar-refractivity contribution in [1.82, 2.24) is 5.32 Å². The second-order valence-electron chi connectivity index (χ2n) is 6.05. The standard InChI is InChI=1S/C15H31NO2/c1-13(2)5-4-10-18-12-15(17)11-16-9-8-14-6-3-7-14/h13-17H,3-12H2,1-2H3. The van der Waals surface area contributed by atoms with Crippen LogP contribution < -0.4 is 5.32 Å². The third kappa shape index (κ3) is 8.06. The zero-order valence-corrected chi connectivity index (χ0v) is 12.2. The summed E-state index contributed by atoms with van der Waals surface area (Å²) in [5.41, 5.74) is 0. The molecule has 0 aromatic heterocycles. The first-order valence-electron chi connectivity index (χ1n) is 7.65. The first-order chi connectivity index (χ1) is 8.68. The molecule has 108 valence electrons. The van der Waals surface area contributed by atoms with E-state index in [-0.39, 0.29) is 6.10 Å². The van der Waals surface area contributed by atoms with E-state index in [0.717, 1.165) is 31.4 Å². The number of rotatable bonds is 11. The molecule has 1 aliphatic rings. The van der Waals surface area contributed by atoms with E-state index >= 15 is 0 Å². The summed E-state index contributed by atoms with van der Waals surface area (Å²) in [7, 11) is 0. The highest BCUT2D eigenvalue weighted by molar-refractivity contribution is 4.70. The number of ether oxygens (including phenoxy) is 1. The van der Waals surface area contributed by atoms with Gasteiger partial charge < -0.3 is 15.2 Å². The highest BCUT2D eigenvalue weighted by Crippen LogP contribution is 2.28. The third-order valence-corrected chi connectivity index (χ3v) is 3.71. The number of hydrogen-bond acceptors (Lipinski definition) is 3. The highest BCUT2D eigenvalue weighted by atomic mass is 16.5. The lowest BCUT2D eigenvalue weighted by Crippen LogP contribution is -2.32. The zero-order chi connectivity index (χ0) is 13.2. The molecule has 1 atom stereocenters. The van der Waals surface area contributed by atoms with Crippen LogP contribution >= 0.6 is 0 Å². The molecular formula is C15H31NO2. The van der Waals surface area contributed by atoms with Gasteiger partial charge in [0.25, 0.3) is 0 Å². The average Bonchev–Trinajstić information content (AvgIpc) is 2.25. The molecule has 3 nitrogen and oxygen atoms in total. The Morgan fingerprint density at radius 3 is 2.72 bits per heavy atom. The van der Waals surface area contributed by atoms with Gasteiger partial charge >= 0.3 is 0 Å². The topological polar surface area (TPSA) is 41.5 Å². The summed E-state index contributed by atoms with van der Waals surface area (Å²) in [5.74, 6) is 1.69. The molecule has 0 radical (unpaired) electrons. The Balaban J connectivity index is 1.79. The van der Waals surface area contributed by atoms with E-state index in [1.165, 1.54) is 32.1 Å². The van der Waals surface area contributed by atoms with Gasteiger partial charge in [0.2, 0.25) is 0 Å². The molecule has 1 fully saturated rings. The minimum atomic E-state index is -0.356. The van der Waals surface area contributed by atoms with Gasteiger partial charge in [-0.2, -0.15) is 0 Å². The van der Waals surface area contributed by atoms with E-state index < -0.39 is 0 Å². The maximum atomic E-state index is 9.71. The number of aliphatic hydroxyl groups is 1. The Kier molecular flexibility index (Phi) is 8.64. The molecule has 0 saturated heterocycles. The maximum Gasteiger partial charge on any atom is 0.0897 e. The van der Waals surface area contributed by atoms with Gasteiger partial charge in [0.1, 0.15) is 0 Å². The van der Waals surface area contributed by atoms with Crippen LogP contribution in [0.2, 0.25) is 0 Å². The van der Waals surface area contributed by atoms with Crippen LogP contribution in [0.5, 0.6) is 0 Å². The molecule has 0 aromatic rings. The van der Waals surface area contributed by atoms with Crippen LogP contribution in [0, 0.1) is 11.8 Å². The van der Waals surface area contributed by atoms with E-state index in [2.05, 4.69) is 19.2 Å². The van der Waals surface area contributed by atoms with Gasteiger partial charge in [-0.15, -0.1) is 0 Å². The van der Waals surface area contributed by atoms with Crippen LogP contribution in [0.1, 0.15) is 52.4 Å². The van der Waals surface area contributed by atoms with Crippen molar-refractivity contribution in [3.05, 3.63) is 0 Å². The molecule has 0 aliphatic heterocycles. The molecule has 3 heteroatoms. The molecular weight excluding hydrogens is 226 g/mol. The molecule has 0 aromatic carbocycles. The van der Waals surface area contributed by atoms with Crippen molar-refractivity contribution in [1.29, 1.82) is 0 Å². The Hall–Kier alpha value is -0.120. The van der Waals surface area contributed by atoms with Crippen molar-refractivity contribution in [3.8, 4) is 0 Å². The Morgan fingerprint density at radius 1 is 1.33 bits per heavy atom. The van der Waals surface area contributed by atoms with Gasteiger partial charge in [0.05, 0.1) is 12.7 Å². The number of hydrogen-bond donors (Lipinski definition) is 2. The van der Waals surface area contributed by atoms with E-state index in [9.17, 15) is 5.11 Å². The Bertz CT molecular complexity index is 193. The lowest BCUT2D eigenvalue weighted by atomic mass is 9.83. The van der Waals surface area contributed by atoms with Crippen molar-refractivity contribution in [2.75, 3.05) is 26.3 Å². The van der Waals surface area contributed by atoms with E-state index in [4.69, 9.17) is 4.74 Å². The largest absolute Gasteiger partial charge is 0.389 e. The molecule has 18 heavy (non-hydrogen) atoms. The van der Waals surface area contributed by atoms with Crippen LogP contribution in [-0.2, 0) is 4.74 Å². The van der Waals surface area contributed by atoms with Crippen molar-refractivity contribution in [3.63, 3.8) is 0 Å². The highest BCUT2D eigenvalue weighted by Gasteiger charge is 2.16. The van der Waals surface area contributed by atoms with Crippen LogP contribution in [0.4, 0.5) is 0 Å². The number of nitrogens with one attached hydrogen (secondary N) is 1. The lowest BCUT2D eigenvalue weighted by Gasteiger charge is -2.25. The van der Waals surface area contributed by atoms with Crippen LogP contribution in [-0.4, -0.2) is 37.5 Å². The van der Waals surface area contributed by atoms with Crippen LogP contribution in [0.25, 0.3) is 0 Å². The van der Waals surface area contributed by atoms with Gasteiger partial charge in [-0.3, -0.25) is 0 Å². The Labute approximate surface area is 112 Å². The van der Waals surface area contributed by atoms with Crippen molar-refractivity contribution < 1.29 is 9.84 Å². The Morgan fingerprint density at radius 2 is 2.11 bits per heavy atom. The zero-order valence-electron chi connectivity index (χ0n) is 12.2. The normalized spacial score (nSPS) is 18.0. The maximum absolute atomic E-state index is 9.71. The number of aliphatic hydroxyl groups excluding tert-OH is 1. The van der Waals surface area contributed by atoms with Crippen LogP contribution in [0.3, 0.4) is 0 Å². The fourth-order valence-corrected chi connectivity index (χ4v) is 2.23. The van der Waals surface area contributed by atoms with E-state index in [1.54, 1.807) is 0 Å². The average molecular weight is 257 g/mol. The fraction of sp³-hybridized carbons (Fsp3) is 1.00. The van der Waals surface area contributed by atoms with Gasteiger partial charge in [-0.1, -0.05) is 33.1 Å². The minimum Gasteiger partial charge on any atom is -0.389 e. The van der Waals surface area contributed by atoms with E-state index in [1.807, 2.05) is 0 Å². The first-order valence-corrected chi connectivity index (χ1v) is 7.65. The minimum absolute atomic E-state index is 0.356. The molecule has 0 bridgehead atoms. The lowest BCUT2D eigenvalue weighted by molar-refractivity contribution is 0.0346. The second-order valence-corrected chi connectivity index (χ2v) is 6.05. The fourth-order valence-electron chi connectivity index (χ4n) is 2.23. The van der Waals surface area contributed by atoms with Crippen LogP contribution in [0.15, 0.2) is 0 Å². The van der Waals surface area contributed by atoms with Gasteiger partial charge in [0.15, 0.2) is 0 Å². The second kappa shape index (κ2) is 9.76. The van der Waals surface area contributed by atoms with Gasteiger partial charge in [-0.25, -0.2) is 0 Å². The van der Waals surface area contributed by atoms with Gasteiger partial charge in [-0.05, 0) is 37.6 Å².